The Hall–Kier alpha value is -0.123. The van der Waals surface area contributed by atoms with Gasteiger partial charge < -0.3 is 8.85 Å². The van der Waals surface area contributed by atoms with Crippen LogP contribution in [0.25, 0.3) is 0 Å². The molecule has 3 atom stereocenters. The average molecular weight is 226 g/mol. The Kier molecular flexibility index (Phi) is 3.33. The van der Waals surface area contributed by atoms with Crippen molar-refractivity contribution in [2.45, 2.75) is 31.9 Å². The van der Waals surface area contributed by atoms with Crippen LogP contribution in [0.2, 0.25) is 12.6 Å². The number of hydrogen-bond donors (Lipinski definition) is 0. The highest BCUT2D eigenvalue weighted by Gasteiger charge is 2.38. The molecular formula is C12H22O2Si. The Labute approximate surface area is 93.9 Å². The smallest absolute Gasteiger partial charge is 0.334 e. The van der Waals surface area contributed by atoms with Crippen LogP contribution in [0.3, 0.4) is 0 Å². The van der Waals surface area contributed by atoms with E-state index in [4.69, 9.17) is 8.85 Å². The summed E-state index contributed by atoms with van der Waals surface area (Å²) in [5.41, 5.74) is 0. The van der Waals surface area contributed by atoms with E-state index in [1.807, 2.05) is 0 Å². The normalized spacial score (nSPS) is 33.9. The molecule has 2 nitrogen and oxygen atoms in total. The summed E-state index contributed by atoms with van der Waals surface area (Å²) < 4.78 is 11.1. The molecule has 15 heavy (non-hydrogen) atoms. The molecular weight excluding hydrogens is 204 g/mol. The lowest BCUT2D eigenvalue weighted by atomic mass is 9.91. The van der Waals surface area contributed by atoms with Gasteiger partial charge in [0, 0.05) is 14.2 Å². The molecule has 1 saturated carbocycles. The van der Waals surface area contributed by atoms with Gasteiger partial charge in [0.1, 0.15) is 0 Å². The van der Waals surface area contributed by atoms with Crippen molar-refractivity contribution in [3.8, 4) is 0 Å². The Morgan fingerprint density at radius 2 is 1.93 bits per heavy atom. The van der Waals surface area contributed by atoms with Gasteiger partial charge >= 0.3 is 8.56 Å². The van der Waals surface area contributed by atoms with Gasteiger partial charge in [-0.15, -0.1) is 0 Å². The largest absolute Gasteiger partial charge is 0.398 e. The average Bonchev–Trinajstić information content (AvgIpc) is 2.87. The molecule has 0 aromatic heterocycles. The lowest BCUT2D eigenvalue weighted by molar-refractivity contribution is 0.243. The van der Waals surface area contributed by atoms with Crippen LogP contribution in [0, 0.1) is 17.8 Å². The molecule has 0 radical (unpaired) electrons. The van der Waals surface area contributed by atoms with Crippen LogP contribution in [-0.2, 0) is 8.85 Å². The minimum Gasteiger partial charge on any atom is -0.398 e. The topological polar surface area (TPSA) is 18.5 Å². The van der Waals surface area contributed by atoms with Gasteiger partial charge in [-0.3, -0.25) is 0 Å². The van der Waals surface area contributed by atoms with Crippen molar-refractivity contribution in [2.75, 3.05) is 14.2 Å². The summed E-state index contributed by atoms with van der Waals surface area (Å²) in [7, 11) is 1.76. The first-order valence-electron chi connectivity index (χ1n) is 5.95. The van der Waals surface area contributed by atoms with Gasteiger partial charge in [0.05, 0.1) is 0 Å². The van der Waals surface area contributed by atoms with Crippen molar-refractivity contribution in [2.24, 2.45) is 17.8 Å². The van der Waals surface area contributed by atoms with Crippen LogP contribution in [0.1, 0.15) is 19.3 Å². The Morgan fingerprint density at radius 3 is 2.40 bits per heavy atom. The number of allylic oxidation sites excluding steroid dienone is 2. The van der Waals surface area contributed by atoms with Gasteiger partial charge in [0.25, 0.3) is 0 Å². The van der Waals surface area contributed by atoms with Gasteiger partial charge in [-0.25, -0.2) is 0 Å². The third-order valence-corrected chi connectivity index (χ3v) is 7.17. The van der Waals surface area contributed by atoms with E-state index in [9.17, 15) is 0 Å². The molecule has 2 bridgehead atoms. The molecule has 0 N–H and O–H groups in total. The zero-order valence-electron chi connectivity index (χ0n) is 10.0. The van der Waals surface area contributed by atoms with Crippen LogP contribution in [0.15, 0.2) is 12.2 Å². The third-order valence-electron chi connectivity index (χ3n) is 4.25. The number of hydrogen-bond acceptors (Lipinski definition) is 2. The first-order valence-corrected chi connectivity index (χ1v) is 8.48. The van der Waals surface area contributed by atoms with Crippen LogP contribution in [-0.4, -0.2) is 22.8 Å². The Morgan fingerprint density at radius 1 is 1.20 bits per heavy atom. The van der Waals surface area contributed by atoms with Gasteiger partial charge in [-0.2, -0.15) is 0 Å². The fourth-order valence-electron chi connectivity index (χ4n) is 2.96. The van der Waals surface area contributed by atoms with Crippen LogP contribution >= 0.6 is 0 Å². The summed E-state index contributed by atoms with van der Waals surface area (Å²) in [6, 6.07) is 1.14. The summed E-state index contributed by atoms with van der Waals surface area (Å²) in [5.74, 6) is 2.65. The van der Waals surface area contributed by atoms with E-state index in [-0.39, 0.29) is 0 Å². The predicted molar refractivity (Wildman–Crippen MR) is 63.9 cm³/mol. The van der Waals surface area contributed by atoms with Crippen molar-refractivity contribution in [3.05, 3.63) is 12.2 Å². The second-order valence-electron chi connectivity index (χ2n) is 5.12. The highest BCUT2D eigenvalue weighted by Crippen LogP contribution is 2.45. The van der Waals surface area contributed by atoms with E-state index in [2.05, 4.69) is 18.7 Å². The molecule has 3 heteroatoms. The molecule has 0 aromatic carbocycles. The van der Waals surface area contributed by atoms with E-state index in [1.54, 1.807) is 14.2 Å². The molecule has 86 valence electrons. The van der Waals surface area contributed by atoms with E-state index in [0.29, 0.717) is 0 Å². The van der Waals surface area contributed by atoms with Gasteiger partial charge in [0.2, 0.25) is 0 Å². The van der Waals surface area contributed by atoms with Crippen molar-refractivity contribution in [1.82, 2.24) is 0 Å². The van der Waals surface area contributed by atoms with Gasteiger partial charge in [-0.05, 0) is 49.6 Å². The van der Waals surface area contributed by atoms with Gasteiger partial charge in [-0.1, -0.05) is 12.2 Å². The molecule has 1 fully saturated rings. The summed E-state index contributed by atoms with van der Waals surface area (Å²) in [5, 5.41) is 0. The van der Waals surface area contributed by atoms with Gasteiger partial charge in [0.15, 0.2) is 0 Å². The fraction of sp³-hybridized carbons (Fsp3) is 0.833. The maximum atomic E-state index is 5.53. The highest BCUT2D eigenvalue weighted by atomic mass is 28.4. The molecule has 0 spiro atoms. The molecule has 2 rings (SSSR count). The first kappa shape index (κ1) is 11.4. The van der Waals surface area contributed by atoms with Crippen molar-refractivity contribution < 1.29 is 8.85 Å². The fourth-order valence-corrected chi connectivity index (χ4v) is 4.43. The van der Waals surface area contributed by atoms with E-state index in [0.717, 1.165) is 23.8 Å². The highest BCUT2D eigenvalue weighted by molar-refractivity contribution is 6.65. The van der Waals surface area contributed by atoms with Crippen LogP contribution in [0.4, 0.5) is 0 Å². The summed E-state index contributed by atoms with van der Waals surface area (Å²) in [6.45, 7) is 2.16. The molecule has 0 aliphatic heterocycles. The summed E-state index contributed by atoms with van der Waals surface area (Å²) >= 11 is 0. The van der Waals surface area contributed by atoms with Crippen molar-refractivity contribution >= 4 is 8.56 Å². The van der Waals surface area contributed by atoms with Crippen LogP contribution in [0.5, 0.6) is 0 Å². The Balaban J connectivity index is 1.81. The molecule has 2 aliphatic rings. The van der Waals surface area contributed by atoms with E-state index < -0.39 is 8.56 Å². The lowest BCUT2D eigenvalue weighted by Gasteiger charge is -2.26. The maximum absolute atomic E-state index is 5.53. The minimum absolute atomic E-state index is 0.863. The quantitative estimate of drug-likeness (QED) is 0.530. The van der Waals surface area contributed by atoms with Crippen molar-refractivity contribution in [3.63, 3.8) is 0 Å². The third kappa shape index (κ3) is 2.35. The molecule has 0 amide bonds. The predicted octanol–water partition coefficient (Wildman–Crippen LogP) is 2.95. The minimum atomic E-state index is -1.82. The monoisotopic (exact) mass is 226 g/mol. The molecule has 2 aliphatic carbocycles. The maximum Gasteiger partial charge on any atom is 0.334 e. The van der Waals surface area contributed by atoms with E-state index >= 15 is 0 Å². The lowest BCUT2D eigenvalue weighted by Crippen LogP contribution is -2.36. The second-order valence-corrected chi connectivity index (χ2v) is 8.71. The molecule has 3 unspecified atom stereocenters. The summed E-state index contributed by atoms with van der Waals surface area (Å²) in [4.78, 5) is 0. The first-order chi connectivity index (χ1) is 7.17. The van der Waals surface area contributed by atoms with Crippen molar-refractivity contribution in [1.29, 1.82) is 0 Å². The molecule has 0 aromatic rings. The Bertz CT molecular complexity index is 248. The SMILES string of the molecule is CO[Si](C)(CCC1CC2C=CC1C2)OC. The summed E-state index contributed by atoms with van der Waals surface area (Å²) in [6.07, 6.45) is 8.93. The molecule has 0 heterocycles. The standard InChI is InChI=1S/C12H22O2Si/c1-13-15(3,14-2)7-6-12-9-10-4-5-11(12)8-10/h4-5,10-12H,6-9H2,1-3H3. The zero-order chi connectivity index (χ0) is 10.9. The van der Waals surface area contributed by atoms with Crippen LogP contribution < -0.4 is 0 Å². The number of fused-ring (bicyclic) bond motifs is 2. The zero-order valence-corrected chi connectivity index (χ0v) is 11.0. The molecule has 0 saturated heterocycles. The van der Waals surface area contributed by atoms with E-state index in [1.165, 1.54) is 19.3 Å². The second kappa shape index (κ2) is 4.40. The number of rotatable bonds is 5.